The van der Waals surface area contributed by atoms with Crippen molar-refractivity contribution in [2.75, 3.05) is 0 Å². The van der Waals surface area contributed by atoms with E-state index in [2.05, 4.69) is 194 Å². The van der Waals surface area contributed by atoms with Crippen molar-refractivity contribution in [2.24, 2.45) is 0 Å². The first-order valence-corrected chi connectivity index (χ1v) is 17.3. The zero-order valence-corrected chi connectivity index (χ0v) is 27.5. The number of benzene rings is 10. The van der Waals surface area contributed by atoms with Crippen LogP contribution in [-0.4, -0.2) is 0 Å². The third-order valence-corrected chi connectivity index (χ3v) is 10.4. The lowest BCUT2D eigenvalue weighted by molar-refractivity contribution is 1.57. The van der Waals surface area contributed by atoms with Crippen LogP contribution in [0, 0.1) is 0 Å². The fourth-order valence-electron chi connectivity index (χ4n) is 8.07. The number of fused-ring (bicyclic) bond motifs is 1. The van der Waals surface area contributed by atoms with E-state index in [4.69, 9.17) is 0 Å². The van der Waals surface area contributed by atoms with Gasteiger partial charge in [-0.3, -0.25) is 0 Å². The molecule has 0 heterocycles. The molecule has 0 aliphatic carbocycles. The zero-order valence-electron chi connectivity index (χ0n) is 27.5. The lowest BCUT2D eigenvalue weighted by atomic mass is 9.83. The lowest BCUT2D eigenvalue weighted by Gasteiger charge is -2.20. The van der Waals surface area contributed by atoms with Crippen LogP contribution in [-0.2, 0) is 0 Å². The average molecular weight is 633 g/mol. The second-order valence-electron chi connectivity index (χ2n) is 13.3. The van der Waals surface area contributed by atoms with Crippen LogP contribution in [0.15, 0.2) is 194 Å². The Labute approximate surface area is 291 Å². The van der Waals surface area contributed by atoms with Gasteiger partial charge in [0, 0.05) is 0 Å². The summed E-state index contributed by atoms with van der Waals surface area (Å²) in [5, 5.41) is 10.3. The quantitative estimate of drug-likeness (QED) is 0.166. The second-order valence-corrected chi connectivity index (χ2v) is 13.3. The van der Waals surface area contributed by atoms with Crippen molar-refractivity contribution in [1.82, 2.24) is 0 Å². The maximum atomic E-state index is 2.43. The minimum atomic E-state index is 1.22. The van der Waals surface area contributed by atoms with Crippen molar-refractivity contribution < 1.29 is 0 Å². The van der Waals surface area contributed by atoms with E-state index in [0.29, 0.717) is 0 Å². The molecule has 0 aliphatic heterocycles. The van der Waals surface area contributed by atoms with Crippen molar-refractivity contribution >= 4 is 43.1 Å². The van der Waals surface area contributed by atoms with E-state index < -0.39 is 0 Å². The van der Waals surface area contributed by atoms with E-state index in [1.54, 1.807) is 0 Å². The summed E-state index contributed by atoms with van der Waals surface area (Å²) in [4.78, 5) is 0. The molecule has 0 heteroatoms. The highest BCUT2D eigenvalue weighted by Crippen LogP contribution is 2.47. The summed E-state index contributed by atoms with van der Waals surface area (Å²) in [6.07, 6.45) is 0. The smallest absolute Gasteiger partial charge is 0.00201 e. The number of hydrogen-bond donors (Lipinski definition) is 0. The van der Waals surface area contributed by atoms with Crippen LogP contribution in [0.25, 0.3) is 98.7 Å². The Morgan fingerprint density at radius 3 is 1.20 bits per heavy atom. The van der Waals surface area contributed by atoms with Gasteiger partial charge >= 0.3 is 0 Å². The standard InChI is InChI=1S/C50H32/c1-4-14-33(15-5-1)41-27-26-38(30-44(41)34-16-6-2-7-17-34)46-31-39-22-13-25-43-47(32-40-23-12-24-42(46)49(40)50(39)43)48-29-37-21-11-10-20-36(37)28-45(48)35-18-8-3-9-19-35/h1-32H. The first kappa shape index (κ1) is 28.5. The molecule has 0 unspecified atom stereocenters. The van der Waals surface area contributed by atoms with E-state index >= 15 is 0 Å². The van der Waals surface area contributed by atoms with Crippen LogP contribution >= 0.6 is 0 Å². The molecule has 0 atom stereocenters. The van der Waals surface area contributed by atoms with E-state index in [0.717, 1.165) is 0 Å². The zero-order chi connectivity index (χ0) is 33.0. The maximum absolute atomic E-state index is 2.43. The largest absolute Gasteiger partial charge is 0.0622 e. The first-order valence-electron chi connectivity index (χ1n) is 17.3. The highest BCUT2D eigenvalue weighted by molar-refractivity contribution is 6.29. The Balaban J connectivity index is 1.24. The molecule has 0 saturated heterocycles. The summed E-state index contributed by atoms with van der Waals surface area (Å²) < 4.78 is 0. The fourth-order valence-corrected chi connectivity index (χ4v) is 8.07. The maximum Gasteiger partial charge on any atom is -0.00201 e. The minimum Gasteiger partial charge on any atom is -0.0622 e. The molecule has 50 heavy (non-hydrogen) atoms. The molecule has 10 rings (SSSR count). The molecule has 0 amide bonds. The Hall–Kier alpha value is -6.50. The summed E-state index contributed by atoms with van der Waals surface area (Å²) in [7, 11) is 0. The Kier molecular flexibility index (Phi) is 6.60. The summed E-state index contributed by atoms with van der Waals surface area (Å²) in [6.45, 7) is 0. The summed E-state index contributed by atoms with van der Waals surface area (Å²) >= 11 is 0. The molecule has 10 aromatic rings. The highest BCUT2D eigenvalue weighted by atomic mass is 14.2. The molecule has 0 N–H and O–H groups in total. The molecule has 0 radical (unpaired) electrons. The third-order valence-electron chi connectivity index (χ3n) is 10.4. The van der Waals surface area contributed by atoms with E-state index in [1.165, 1.54) is 98.7 Å². The van der Waals surface area contributed by atoms with Crippen LogP contribution < -0.4 is 0 Å². The van der Waals surface area contributed by atoms with Crippen molar-refractivity contribution in [3.05, 3.63) is 194 Å². The monoisotopic (exact) mass is 632 g/mol. The Bertz CT molecular complexity index is 2830. The van der Waals surface area contributed by atoms with Crippen molar-refractivity contribution in [3.63, 3.8) is 0 Å². The van der Waals surface area contributed by atoms with E-state index in [-0.39, 0.29) is 0 Å². The Morgan fingerprint density at radius 2 is 0.620 bits per heavy atom. The summed E-state index contributed by atoms with van der Waals surface area (Å²) in [5.74, 6) is 0. The van der Waals surface area contributed by atoms with E-state index in [9.17, 15) is 0 Å². The number of rotatable bonds is 5. The molecule has 0 nitrogen and oxygen atoms in total. The fraction of sp³-hybridized carbons (Fsp3) is 0. The molecule has 232 valence electrons. The van der Waals surface area contributed by atoms with Gasteiger partial charge in [-0.2, -0.15) is 0 Å². The SMILES string of the molecule is c1ccc(-c2ccc(-c3cc4cccc5c(-c6cc7ccccc7cc6-c6ccccc6)cc6cccc3c6c45)cc2-c2ccccc2)cc1. The minimum absolute atomic E-state index is 1.22. The van der Waals surface area contributed by atoms with Crippen LogP contribution in [0.2, 0.25) is 0 Å². The lowest BCUT2D eigenvalue weighted by Crippen LogP contribution is -1.93. The molecule has 0 saturated carbocycles. The Morgan fingerprint density at radius 1 is 0.200 bits per heavy atom. The van der Waals surface area contributed by atoms with Gasteiger partial charge in [0.05, 0.1) is 0 Å². The van der Waals surface area contributed by atoms with Crippen molar-refractivity contribution in [2.45, 2.75) is 0 Å². The van der Waals surface area contributed by atoms with Gasteiger partial charge in [0.25, 0.3) is 0 Å². The van der Waals surface area contributed by atoms with Crippen LogP contribution in [0.3, 0.4) is 0 Å². The van der Waals surface area contributed by atoms with Gasteiger partial charge in [0.1, 0.15) is 0 Å². The predicted octanol–water partition coefficient (Wildman–Crippen LogP) is 14.1. The van der Waals surface area contributed by atoms with Gasteiger partial charge in [0.15, 0.2) is 0 Å². The molecule has 10 aromatic carbocycles. The van der Waals surface area contributed by atoms with Crippen molar-refractivity contribution in [1.29, 1.82) is 0 Å². The topological polar surface area (TPSA) is 0 Å². The van der Waals surface area contributed by atoms with Crippen LogP contribution in [0.4, 0.5) is 0 Å². The van der Waals surface area contributed by atoms with Crippen LogP contribution in [0.1, 0.15) is 0 Å². The van der Waals surface area contributed by atoms with Crippen LogP contribution in [0.5, 0.6) is 0 Å². The van der Waals surface area contributed by atoms with Crippen molar-refractivity contribution in [3.8, 4) is 55.6 Å². The first-order chi connectivity index (χ1) is 24.8. The molecule has 0 bridgehead atoms. The normalized spacial score (nSPS) is 11.6. The highest BCUT2D eigenvalue weighted by Gasteiger charge is 2.19. The summed E-state index contributed by atoms with van der Waals surface area (Å²) in [6, 6.07) is 71.3. The second kappa shape index (κ2) is 11.6. The average Bonchev–Trinajstić information content (AvgIpc) is 3.20. The predicted molar refractivity (Wildman–Crippen MR) is 215 cm³/mol. The van der Waals surface area contributed by atoms with Gasteiger partial charge in [-0.25, -0.2) is 0 Å². The molecule has 0 aromatic heterocycles. The number of hydrogen-bond acceptors (Lipinski definition) is 0. The molecule has 0 spiro atoms. The molecular weight excluding hydrogens is 601 g/mol. The van der Waals surface area contributed by atoms with Gasteiger partial charge in [-0.15, -0.1) is 0 Å². The molecule has 0 aliphatic rings. The van der Waals surface area contributed by atoms with E-state index in [1.807, 2.05) is 0 Å². The molecular formula is C50H32. The van der Waals surface area contributed by atoms with Gasteiger partial charge < -0.3 is 0 Å². The van der Waals surface area contributed by atoms with Gasteiger partial charge in [0.2, 0.25) is 0 Å². The summed E-state index contributed by atoms with van der Waals surface area (Å²) in [5.41, 5.74) is 12.4. The van der Waals surface area contributed by atoms with Gasteiger partial charge in [-0.05, 0) is 129 Å². The molecule has 0 fully saturated rings. The van der Waals surface area contributed by atoms with Gasteiger partial charge in [-0.1, -0.05) is 164 Å². The third kappa shape index (κ3) is 4.61.